The number of rotatable bonds is 14. The van der Waals surface area contributed by atoms with Gasteiger partial charge in [-0.15, -0.1) is 0 Å². The molecule has 4 rings (SSSR count). The minimum Gasteiger partial charge on any atom is -0.354 e. The zero-order valence-corrected chi connectivity index (χ0v) is 30.5. The van der Waals surface area contributed by atoms with Gasteiger partial charge in [0.2, 0.25) is 10.5 Å². The van der Waals surface area contributed by atoms with Crippen LogP contribution in [-0.4, -0.2) is 90.1 Å². The predicted octanol–water partition coefficient (Wildman–Crippen LogP) is 4.48. The van der Waals surface area contributed by atoms with Crippen LogP contribution in [0.25, 0.3) is 11.3 Å². The van der Waals surface area contributed by atoms with Gasteiger partial charge >= 0.3 is 6.03 Å². The van der Waals surface area contributed by atoms with E-state index in [1.54, 1.807) is 12.1 Å². The summed E-state index contributed by atoms with van der Waals surface area (Å²) in [5, 5.41) is 8.82. The molecule has 280 valence electrons. The second kappa shape index (κ2) is 17.8. The molecule has 0 atom stereocenters. The van der Waals surface area contributed by atoms with Crippen LogP contribution in [0.2, 0.25) is 0 Å². The van der Waals surface area contributed by atoms with Gasteiger partial charge in [0.05, 0.1) is 12.2 Å². The van der Waals surface area contributed by atoms with Crippen LogP contribution >= 0.6 is 0 Å². The van der Waals surface area contributed by atoms with Crippen molar-refractivity contribution in [3.63, 3.8) is 0 Å². The largest absolute Gasteiger partial charge is 0.354 e. The first-order valence-corrected chi connectivity index (χ1v) is 19.2. The molecular formula is C32H43F2N7O8S2. The molecule has 3 aromatic rings. The molecule has 2 heterocycles. The number of amides is 3. The van der Waals surface area contributed by atoms with Crippen LogP contribution in [0.4, 0.5) is 31.0 Å². The lowest BCUT2D eigenvalue weighted by molar-refractivity contribution is 0.0953. The molecule has 3 amide bonds. The zero-order valence-electron chi connectivity index (χ0n) is 28.9. The number of anilines is 3. The van der Waals surface area contributed by atoms with Crippen molar-refractivity contribution in [2.45, 2.75) is 58.6 Å². The number of nitrogens with zero attached hydrogens (tertiary/aromatic N) is 4. The molecule has 5 N–H and O–H groups in total. The second-order valence-electron chi connectivity index (χ2n) is 11.5. The third-order valence-electron chi connectivity index (χ3n) is 7.94. The number of fused-ring (bicyclic) bond motifs is 1. The van der Waals surface area contributed by atoms with Gasteiger partial charge in [-0.2, -0.15) is 21.8 Å². The van der Waals surface area contributed by atoms with Crippen molar-refractivity contribution in [3.05, 3.63) is 64.7 Å². The molecule has 0 fully saturated rings. The Bertz CT molecular complexity index is 1890. The highest BCUT2D eigenvalue weighted by molar-refractivity contribution is 8.03. The maximum atomic E-state index is 15.0. The molecule has 1 aliphatic heterocycles. The van der Waals surface area contributed by atoms with E-state index in [2.05, 4.69) is 39.7 Å². The number of carbonyl (C=O) groups is 2. The van der Waals surface area contributed by atoms with Crippen molar-refractivity contribution in [3.8, 4) is 11.3 Å². The molecular weight excluding hydrogens is 713 g/mol. The fourth-order valence-electron chi connectivity index (χ4n) is 4.93. The Kier molecular flexibility index (Phi) is 14.3. The Morgan fingerprint density at radius 1 is 1.02 bits per heavy atom. The van der Waals surface area contributed by atoms with Crippen molar-refractivity contribution < 1.29 is 44.3 Å². The Morgan fingerprint density at radius 3 is 2.20 bits per heavy atom. The number of carbonyl (C=O) groups excluding carboxylic acids is 2. The van der Waals surface area contributed by atoms with Crippen LogP contribution in [0.15, 0.2) is 36.4 Å². The van der Waals surface area contributed by atoms with E-state index in [1.807, 2.05) is 19.9 Å². The molecule has 0 bridgehead atoms. The predicted molar refractivity (Wildman–Crippen MR) is 189 cm³/mol. The lowest BCUT2D eigenvalue weighted by Gasteiger charge is -2.31. The van der Waals surface area contributed by atoms with Gasteiger partial charge in [-0.3, -0.25) is 13.9 Å². The second-order valence-corrected chi connectivity index (χ2v) is 15.2. The van der Waals surface area contributed by atoms with E-state index in [4.69, 9.17) is 14.1 Å². The van der Waals surface area contributed by atoms with Crippen LogP contribution < -0.4 is 20.9 Å². The van der Waals surface area contributed by atoms with Crippen molar-refractivity contribution in [1.29, 1.82) is 0 Å². The molecule has 1 aromatic heterocycles. The number of nitrogens with one attached hydrogen (secondary N) is 3. The summed E-state index contributed by atoms with van der Waals surface area (Å²) in [6.45, 7) is 12.6. The van der Waals surface area contributed by atoms with E-state index in [9.17, 15) is 35.2 Å². The topological polar surface area (TPSA) is 211 Å². The van der Waals surface area contributed by atoms with E-state index in [0.717, 1.165) is 55.1 Å². The van der Waals surface area contributed by atoms with E-state index >= 15 is 0 Å². The summed E-state index contributed by atoms with van der Waals surface area (Å²) < 4.78 is 83.8. The van der Waals surface area contributed by atoms with Gasteiger partial charge in [0.15, 0.2) is 5.82 Å². The van der Waals surface area contributed by atoms with Gasteiger partial charge < -0.3 is 20.9 Å². The average molecular weight is 756 g/mol. The molecule has 2 aromatic carbocycles. The summed E-state index contributed by atoms with van der Waals surface area (Å²) in [6.07, 6.45) is 1.62. The van der Waals surface area contributed by atoms with E-state index in [0.29, 0.717) is 42.4 Å². The van der Waals surface area contributed by atoms with Crippen molar-refractivity contribution in [2.75, 3.05) is 42.9 Å². The minimum atomic E-state index is -4.70. The van der Waals surface area contributed by atoms with Gasteiger partial charge in [0.25, 0.3) is 26.1 Å². The van der Waals surface area contributed by atoms with Gasteiger partial charge in [0.1, 0.15) is 17.3 Å². The summed E-state index contributed by atoms with van der Waals surface area (Å²) in [4.78, 5) is 38.5. The van der Waals surface area contributed by atoms with Crippen molar-refractivity contribution >= 4 is 49.6 Å². The van der Waals surface area contributed by atoms with E-state index in [1.165, 1.54) is 6.07 Å². The number of aromatic nitrogens is 2. The molecule has 0 radical (unpaired) electrons. The number of aryl methyl sites for hydroxylation is 1. The highest BCUT2D eigenvalue weighted by Crippen LogP contribution is 2.39. The van der Waals surface area contributed by atoms with Crippen LogP contribution in [0, 0.1) is 18.6 Å². The lowest BCUT2D eigenvalue weighted by atomic mass is 9.97. The van der Waals surface area contributed by atoms with Crippen LogP contribution in [0.5, 0.6) is 0 Å². The normalized spacial score (nSPS) is 13.0. The van der Waals surface area contributed by atoms with Gasteiger partial charge in [0, 0.05) is 29.8 Å². The first kappa shape index (κ1) is 41.1. The van der Waals surface area contributed by atoms with Crippen LogP contribution in [0.3, 0.4) is 0 Å². The molecule has 15 nitrogen and oxygen atoms in total. The minimum absolute atomic E-state index is 0.0456. The highest BCUT2D eigenvalue weighted by atomic mass is 32.3. The quantitative estimate of drug-likeness (QED) is 0.114. The monoisotopic (exact) mass is 755 g/mol. The van der Waals surface area contributed by atoms with Crippen molar-refractivity contribution in [2.24, 2.45) is 0 Å². The number of para-hydroxylation sites is 1. The number of halogens is 2. The standard InChI is InChI=1S/C30H37F2N7O2.C2H6O6S2/c1-5-14-33-28(40)20-13-12-19(4)21(17-20)25-22-18-35-30(41)39(26-23(31)10-8-11-24(26)32)27(22)37-29(36-25)34-15-9-16-38(6-2)7-3;1-2(9(3,4)5)10(6,7)8/h8,10-13,17H,5-7,9,14-16,18H2,1-4H3,(H,33,40)(H,35,41)(H,34,36,37);2H,1H3,(H,3,4,5)(H,6,7,8). The van der Waals surface area contributed by atoms with Gasteiger partial charge in [-0.05, 0) is 76.2 Å². The number of hydrogen-bond donors (Lipinski definition) is 5. The summed E-state index contributed by atoms with van der Waals surface area (Å²) in [5.41, 5.74) is 2.38. The molecule has 1 aliphatic rings. The fraction of sp³-hybridized carbons (Fsp3) is 0.438. The third-order valence-corrected chi connectivity index (χ3v) is 11.1. The Balaban J connectivity index is 0.000000612. The summed E-state index contributed by atoms with van der Waals surface area (Å²) >= 11 is 0. The maximum Gasteiger partial charge on any atom is 0.328 e. The van der Waals surface area contributed by atoms with E-state index in [-0.39, 0.29) is 24.2 Å². The first-order valence-electron chi connectivity index (χ1n) is 16.1. The lowest BCUT2D eigenvalue weighted by Crippen LogP contribution is -2.43. The Labute approximate surface area is 296 Å². The van der Waals surface area contributed by atoms with Gasteiger partial charge in [-0.1, -0.05) is 32.9 Å². The Hall–Kier alpha value is -4.30. The molecule has 0 unspecified atom stereocenters. The molecule has 19 heteroatoms. The number of benzene rings is 2. The molecule has 0 saturated carbocycles. The van der Waals surface area contributed by atoms with Crippen LogP contribution in [0.1, 0.15) is 62.0 Å². The molecule has 0 saturated heterocycles. The van der Waals surface area contributed by atoms with Crippen LogP contribution in [-0.2, 0) is 26.8 Å². The molecule has 51 heavy (non-hydrogen) atoms. The molecule has 0 spiro atoms. The highest BCUT2D eigenvalue weighted by Gasteiger charge is 2.34. The number of urea groups is 1. The average Bonchev–Trinajstić information content (AvgIpc) is 3.07. The first-order chi connectivity index (χ1) is 23.9. The van der Waals surface area contributed by atoms with Gasteiger partial charge in [-0.25, -0.2) is 23.5 Å². The summed E-state index contributed by atoms with van der Waals surface area (Å²) in [5.74, 6) is -1.71. The van der Waals surface area contributed by atoms with Crippen molar-refractivity contribution in [1.82, 2.24) is 25.5 Å². The zero-order chi connectivity index (χ0) is 38.1. The third kappa shape index (κ3) is 10.6. The number of hydrogen-bond acceptors (Lipinski definition) is 10. The maximum absolute atomic E-state index is 15.0. The fourth-order valence-corrected chi connectivity index (χ4v) is 6.16. The smallest absolute Gasteiger partial charge is 0.328 e. The summed E-state index contributed by atoms with van der Waals surface area (Å²) in [7, 11) is -9.40. The SMILES string of the molecule is CC(S(=O)(=O)O)S(=O)(=O)O.CCCNC(=O)c1ccc(C)c(-c2nc(NCCCN(CC)CC)nc3c2CNC(=O)N3c2c(F)cccc2F)c1. The Morgan fingerprint density at radius 2 is 1.65 bits per heavy atom. The molecule has 0 aliphatic carbocycles. The summed E-state index contributed by atoms with van der Waals surface area (Å²) in [6, 6.07) is 8.04. The van der Waals surface area contributed by atoms with E-state index < -0.39 is 48.2 Å².